The van der Waals surface area contributed by atoms with Crippen molar-refractivity contribution in [3.05, 3.63) is 23.0 Å². The smallest absolute Gasteiger partial charge is 0.128 e. The van der Waals surface area contributed by atoms with Crippen molar-refractivity contribution in [2.24, 2.45) is 0 Å². The fraction of sp³-hybridized carbons (Fsp3) is 0.643. The molecular weight excluding hydrogens is 278 g/mol. The van der Waals surface area contributed by atoms with Gasteiger partial charge in [0.15, 0.2) is 0 Å². The Morgan fingerprint density at radius 2 is 2.06 bits per heavy atom. The van der Waals surface area contributed by atoms with E-state index in [-0.39, 0.29) is 0 Å². The second-order valence-corrected chi connectivity index (χ2v) is 5.77. The highest BCUT2D eigenvalue weighted by molar-refractivity contribution is 9.09. The maximum atomic E-state index is 5.42. The predicted octanol–water partition coefficient (Wildman–Crippen LogP) is 4.20. The van der Waals surface area contributed by atoms with Crippen LogP contribution in [0.3, 0.4) is 0 Å². The highest BCUT2D eigenvalue weighted by Crippen LogP contribution is 2.25. The predicted molar refractivity (Wildman–Crippen MR) is 76.2 cm³/mol. The lowest BCUT2D eigenvalue weighted by atomic mass is 10.0. The molecule has 17 heavy (non-hydrogen) atoms. The fourth-order valence-corrected chi connectivity index (χ4v) is 2.76. The third-order valence-electron chi connectivity index (χ3n) is 3.05. The molecule has 1 atom stereocenters. The first-order valence-electron chi connectivity index (χ1n) is 6.23. The molecule has 0 aliphatic carbocycles. The third-order valence-corrected chi connectivity index (χ3v) is 3.96. The van der Waals surface area contributed by atoms with Crippen molar-refractivity contribution in [1.82, 2.24) is 4.98 Å². The Kier molecular flexibility index (Phi) is 5.96. The van der Waals surface area contributed by atoms with Crippen molar-refractivity contribution in [2.45, 2.75) is 51.3 Å². The first-order valence-corrected chi connectivity index (χ1v) is 7.14. The maximum Gasteiger partial charge on any atom is 0.128 e. The Morgan fingerprint density at radius 1 is 1.35 bits per heavy atom. The zero-order chi connectivity index (χ0) is 12.8. The number of nitrogens with zero attached hydrogens (tertiary/aromatic N) is 1. The summed E-state index contributed by atoms with van der Waals surface area (Å²) < 4.78 is 5.42. The molecule has 96 valence electrons. The Hall–Kier alpha value is -0.570. The third kappa shape index (κ3) is 3.98. The summed E-state index contributed by atoms with van der Waals surface area (Å²) in [6, 6.07) is 0. The van der Waals surface area contributed by atoms with Crippen LogP contribution >= 0.6 is 15.9 Å². The number of ether oxygens (including phenoxy) is 1. The average Bonchev–Trinajstić information content (AvgIpc) is 2.29. The zero-order valence-corrected chi connectivity index (χ0v) is 12.8. The molecule has 2 nitrogen and oxygen atoms in total. The van der Waals surface area contributed by atoms with Gasteiger partial charge in [-0.1, -0.05) is 29.3 Å². The van der Waals surface area contributed by atoms with Gasteiger partial charge in [-0.2, -0.15) is 0 Å². The Morgan fingerprint density at radius 3 is 2.65 bits per heavy atom. The van der Waals surface area contributed by atoms with E-state index in [0.717, 1.165) is 29.8 Å². The summed E-state index contributed by atoms with van der Waals surface area (Å²) in [7, 11) is 1.73. The second-order valence-electron chi connectivity index (χ2n) is 4.47. The van der Waals surface area contributed by atoms with E-state index in [1.165, 1.54) is 18.4 Å². The minimum Gasteiger partial charge on any atom is -0.496 e. The van der Waals surface area contributed by atoms with Crippen LogP contribution in [0.1, 0.15) is 43.0 Å². The molecule has 0 amide bonds. The Balaban J connectivity index is 2.72. The summed E-state index contributed by atoms with van der Waals surface area (Å²) in [5, 5.41) is 0. The normalized spacial score (nSPS) is 12.5. The molecule has 1 aromatic heterocycles. The topological polar surface area (TPSA) is 22.1 Å². The number of hydrogen-bond acceptors (Lipinski definition) is 2. The van der Waals surface area contributed by atoms with Gasteiger partial charge in [-0.25, -0.2) is 0 Å². The van der Waals surface area contributed by atoms with Gasteiger partial charge in [-0.15, -0.1) is 0 Å². The first-order chi connectivity index (χ1) is 8.10. The van der Waals surface area contributed by atoms with Gasteiger partial charge < -0.3 is 4.74 Å². The molecular formula is C14H22BrNO. The number of rotatable bonds is 6. The van der Waals surface area contributed by atoms with E-state index in [1.54, 1.807) is 7.11 Å². The molecule has 1 unspecified atom stereocenters. The van der Waals surface area contributed by atoms with Crippen LogP contribution in [0.25, 0.3) is 0 Å². The molecule has 0 aromatic carbocycles. The van der Waals surface area contributed by atoms with Crippen LogP contribution in [0.4, 0.5) is 0 Å². The van der Waals surface area contributed by atoms with Crippen LogP contribution in [-0.4, -0.2) is 16.9 Å². The molecule has 0 N–H and O–H groups in total. The van der Waals surface area contributed by atoms with E-state index in [9.17, 15) is 0 Å². The molecule has 0 bridgehead atoms. The van der Waals surface area contributed by atoms with Crippen LogP contribution < -0.4 is 4.74 Å². The number of pyridine rings is 1. The molecule has 0 saturated heterocycles. The van der Waals surface area contributed by atoms with Crippen LogP contribution in [0, 0.1) is 13.8 Å². The summed E-state index contributed by atoms with van der Waals surface area (Å²) in [6.45, 7) is 6.34. The monoisotopic (exact) mass is 299 g/mol. The zero-order valence-electron chi connectivity index (χ0n) is 11.2. The van der Waals surface area contributed by atoms with Crippen molar-refractivity contribution in [2.75, 3.05) is 7.11 Å². The largest absolute Gasteiger partial charge is 0.496 e. The lowest BCUT2D eigenvalue weighted by Crippen LogP contribution is -2.04. The van der Waals surface area contributed by atoms with E-state index >= 15 is 0 Å². The molecule has 0 aliphatic rings. The fourth-order valence-electron chi connectivity index (χ4n) is 2.07. The van der Waals surface area contributed by atoms with E-state index in [2.05, 4.69) is 34.8 Å². The minimum absolute atomic E-state index is 0.598. The Labute approximate surface area is 113 Å². The average molecular weight is 300 g/mol. The van der Waals surface area contributed by atoms with Gasteiger partial charge in [0.1, 0.15) is 5.75 Å². The van der Waals surface area contributed by atoms with Crippen LogP contribution in [-0.2, 0) is 6.42 Å². The van der Waals surface area contributed by atoms with Crippen molar-refractivity contribution in [3.63, 3.8) is 0 Å². The van der Waals surface area contributed by atoms with Gasteiger partial charge in [0.25, 0.3) is 0 Å². The van der Waals surface area contributed by atoms with Crippen LogP contribution in [0.15, 0.2) is 6.20 Å². The van der Waals surface area contributed by atoms with Gasteiger partial charge in [0.05, 0.1) is 7.11 Å². The molecule has 1 rings (SSSR count). The second kappa shape index (κ2) is 7.00. The van der Waals surface area contributed by atoms with Gasteiger partial charge in [0.2, 0.25) is 0 Å². The first kappa shape index (κ1) is 14.5. The Bertz CT molecular complexity index is 365. The molecule has 1 heterocycles. The van der Waals surface area contributed by atoms with Gasteiger partial charge in [-0.3, -0.25) is 4.98 Å². The number of hydrogen-bond donors (Lipinski definition) is 0. The molecule has 1 aromatic rings. The van der Waals surface area contributed by atoms with Crippen molar-refractivity contribution in [3.8, 4) is 5.75 Å². The summed E-state index contributed by atoms with van der Waals surface area (Å²) in [5.74, 6) is 0.983. The molecule has 0 spiro atoms. The van der Waals surface area contributed by atoms with Gasteiger partial charge in [0, 0.05) is 27.8 Å². The van der Waals surface area contributed by atoms with Gasteiger partial charge >= 0.3 is 0 Å². The van der Waals surface area contributed by atoms with E-state index in [1.807, 2.05) is 13.1 Å². The van der Waals surface area contributed by atoms with Crippen molar-refractivity contribution in [1.29, 1.82) is 0 Å². The van der Waals surface area contributed by atoms with E-state index < -0.39 is 0 Å². The minimum atomic E-state index is 0.598. The van der Waals surface area contributed by atoms with Gasteiger partial charge in [-0.05, 0) is 33.1 Å². The quantitative estimate of drug-likeness (QED) is 0.734. The lowest BCUT2D eigenvalue weighted by molar-refractivity contribution is 0.406. The molecule has 0 fully saturated rings. The standard InChI is InChI=1S/C14H22BrNO/c1-5-6-12(15)7-8-13-11(3)14(17-4)10(2)9-16-13/h9,12H,5-8H2,1-4H3. The van der Waals surface area contributed by atoms with E-state index in [0.29, 0.717) is 4.83 Å². The van der Waals surface area contributed by atoms with Crippen LogP contribution in [0.5, 0.6) is 5.75 Å². The van der Waals surface area contributed by atoms with Crippen molar-refractivity contribution < 1.29 is 4.74 Å². The lowest BCUT2D eigenvalue weighted by Gasteiger charge is -2.13. The molecule has 0 saturated carbocycles. The SMILES string of the molecule is CCCC(Br)CCc1ncc(C)c(OC)c1C. The summed E-state index contributed by atoms with van der Waals surface area (Å²) in [6.07, 6.45) is 6.50. The summed E-state index contributed by atoms with van der Waals surface area (Å²) >= 11 is 3.71. The van der Waals surface area contributed by atoms with Crippen LogP contribution in [0.2, 0.25) is 0 Å². The number of halogens is 1. The number of alkyl halides is 1. The van der Waals surface area contributed by atoms with E-state index in [4.69, 9.17) is 4.74 Å². The summed E-state index contributed by atoms with van der Waals surface area (Å²) in [5.41, 5.74) is 3.45. The molecule has 3 heteroatoms. The molecule has 0 aliphatic heterocycles. The molecule has 0 radical (unpaired) electrons. The maximum absolute atomic E-state index is 5.42. The highest BCUT2D eigenvalue weighted by Gasteiger charge is 2.11. The number of aromatic nitrogens is 1. The highest BCUT2D eigenvalue weighted by atomic mass is 79.9. The van der Waals surface area contributed by atoms with Crippen molar-refractivity contribution >= 4 is 15.9 Å². The number of methoxy groups -OCH3 is 1. The number of aryl methyl sites for hydroxylation is 2. The summed E-state index contributed by atoms with van der Waals surface area (Å²) in [4.78, 5) is 5.12.